The van der Waals surface area contributed by atoms with Gasteiger partial charge in [0.2, 0.25) is 0 Å². The zero-order valence-corrected chi connectivity index (χ0v) is 7.71. The molecule has 1 aromatic rings. The number of ether oxygens (including phenoxy) is 1. The highest BCUT2D eigenvalue weighted by atomic mass is 32.1. The number of hydrogen-bond acceptors (Lipinski definition) is 3. The highest BCUT2D eigenvalue weighted by Crippen LogP contribution is 2.01. The van der Waals surface area contributed by atoms with E-state index in [4.69, 9.17) is 18.0 Å². The van der Waals surface area contributed by atoms with Gasteiger partial charge in [0.05, 0.1) is 0 Å². The number of amides is 1. The molecule has 3 nitrogen and oxygen atoms in total. The summed E-state index contributed by atoms with van der Waals surface area (Å²) in [4.78, 5) is 10.3. The van der Waals surface area contributed by atoms with Gasteiger partial charge in [-0.3, -0.25) is 0 Å². The molecule has 1 amide bonds. The van der Waals surface area contributed by atoms with E-state index >= 15 is 0 Å². The van der Waals surface area contributed by atoms with E-state index in [1.807, 2.05) is 30.3 Å². The van der Waals surface area contributed by atoms with Crippen LogP contribution in [0.3, 0.4) is 0 Å². The summed E-state index contributed by atoms with van der Waals surface area (Å²) in [5.74, 6) is 0. The lowest BCUT2D eigenvalue weighted by molar-refractivity contribution is 0.208. The van der Waals surface area contributed by atoms with Gasteiger partial charge in [0.25, 0.3) is 0 Å². The molecular weight excluding hydrogens is 186 g/mol. The number of rotatable bonds is 2. The second-order valence-electron chi connectivity index (χ2n) is 2.46. The van der Waals surface area contributed by atoms with E-state index in [1.54, 1.807) is 0 Å². The Morgan fingerprint density at radius 1 is 1.38 bits per heavy atom. The predicted octanol–water partition coefficient (Wildman–Crippen LogP) is 1.65. The minimum Gasteiger partial charge on any atom is -0.403 e. The van der Waals surface area contributed by atoms with E-state index in [0.717, 1.165) is 5.56 Å². The molecule has 13 heavy (non-hydrogen) atoms. The van der Waals surface area contributed by atoms with E-state index in [2.05, 4.69) is 4.74 Å². The van der Waals surface area contributed by atoms with Crippen molar-refractivity contribution in [2.75, 3.05) is 0 Å². The molecule has 0 aliphatic carbocycles. The average molecular weight is 195 g/mol. The first kappa shape index (κ1) is 9.67. The molecule has 68 valence electrons. The highest BCUT2D eigenvalue weighted by Gasteiger charge is 2.02. The zero-order chi connectivity index (χ0) is 9.68. The summed E-state index contributed by atoms with van der Waals surface area (Å²) < 4.78 is 4.52. The molecule has 0 fully saturated rings. The average Bonchev–Trinajstić information content (AvgIpc) is 2.04. The Morgan fingerprint density at radius 2 is 2.00 bits per heavy atom. The van der Waals surface area contributed by atoms with Crippen LogP contribution in [0.25, 0.3) is 0 Å². The molecule has 0 spiro atoms. The Bertz CT molecular complexity index is 311. The quantitative estimate of drug-likeness (QED) is 0.730. The number of nitrogens with two attached hydrogens (primary N) is 1. The Kier molecular flexibility index (Phi) is 3.40. The standard InChI is InChI=1S/C9H9NO2S/c10-9(11)12-8(13)6-7-4-2-1-3-5-7/h1-5H,6H2,(H2,10,11). The van der Waals surface area contributed by atoms with Crippen LogP contribution >= 0.6 is 12.2 Å². The van der Waals surface area contributed by atoms with Crippen molar-refractivity contribution in [2.45, 2.75) is 6.42 Å². The van der Waals surface area contributed by atoms with Gasteiger partial charge >= 0.3 is 6.09 Å². The van der Waals surface area contributed by atoms with Gasteiger partial charge in [0.15, 0.2) is 5.05 Å². The topological polar surface area (TPSA) is 52.3 Å². The third-order valence-electron chi connectivity index (χ3n) is 1.41. The van der Waals surface area contributed by atoms with E-state index < -0.39 is 6.09 Å². The smallest absolute Gasteiger partial charge is 0.403 e. The summed E-state index contributed by atoms with van der Waals surface area (Å²) in [7, 11) is 0. The fraction of sp³-hybridized carbons (Fsp3) is 0.111. The fourth-order valence-electron chi connectivity index (χ4n) is 0.911. The lowest BCUT2D eigenvalue weighted by atomic mass is 10.2. The molecule has 0 aliphatic rings. The number of carbonyl (C=O) groups excluding carboxylic acids is 1. The molecule has 1 aromatic carbocycles. The second-order valence-corrected chi connectivity index (χ2v) is 2.91. The van der Waals surface area contributed by atoms with Crippen molar-refractivity contribution in [3.05, 3.63) is 35.9 Å². The molecule has 2 N–H and O–H groups in total. The molecule has 0 bridgehead atoms. The van der Waals surface area contributed by atoms with Gasteiger partial charge in [-0.25, -0.2) is 4.79 Å². The SMILES string of the molecule is NC(=O)OC(=S)Cc1ccccc1. The van der Waals surface area contributed by atoms with Crippen molar-refractivity contribution >= 4 is 23.4 Å². The lowest BCUT2D eigenvalue weighted by Gasteiger charge is -2.01. The van der Waals surface area contributed by atoms with Crippen molar-refractivity contribution < 1.29 is 9.53 Å². The van der Waals surface area contributed by atoms with Crippen LogP contribution in [-0.2, 0) is 11.2 Å². The summed E-state index contributed by atoms with van der Waals surface area (Å²) in [5.41, 5.74) is 5.79. The summed E-state index contributed by atoms with van der Waals surface area (Å²) in [5, 5.41) is 0.193. The Labute approximate surface area is 81.5 Å². The minimum atomic E-state index is -0.860. The first-order valence-electron chi connectivity index (χ1n) is 3.72. The maximum absolute atomic E-state index is 10.3. The maximum Gasteiger partial charge on any atom is 0.410 e. The van der Waals surface area contributed by atoms with Crippen LogP contribution in [0.5, 0.6) is 0 Å². The first-order valence-corrected chi connectivity index (χ1v) is 4.13. The van der Waals surface area contributed by atoms with Gasteiger partial charge < -0.3 is 10.5 Å². The molecule has 0 atom stereocenters. The van der Waals surface area contributed by atoms with Crippen molar-refractivity contribution in [3.63, 3.8) is 0 Å². The zero-order valence-electron chi connectivity index (χ0n) is 6.90. The number of hydrogen-bond donors (Lipinski definition) is 1. The molecule has 0 heterocycles. The van der Waals surface area contributed by atoms with Crippen molar-refractivity contribution in [1.29, 1.82) is 0 Å². The summed E-state index contributed by atoms with van der Waals surface area (Å²) in [6, 6.07) is 9.49. The molecule has 0 unspecified atom stereocenters. The molecule has 1 rings (SSSR count). The van der Waals surface area contributed by atoms with Crippen LogP contribution in [-0.4, -0.2) is 11.1 Å². The van der Waals surface area contributed by atoms with Gasteiger partial charge in [-0.1, -0.05) is 30.3 Å². The Hall–Kier alpha value is -1.42. The highest BCUT2D eigenvalue weighted by molar-refractivity contribution is 7.80. The number of primary amides is 1. The van der Waals surface area contributed by atoms with Crippen LogP contribution in [0.4, 0.5) is 4.79 Å². The Morgan fingerprint density at radius 3 is 2.54 bits per heavy atom. The molecule has 0 radical (unpaired) electrons. The molecule has 0 saturated heterocycles. The summed E-state index contributed by atoms with van der Waals surface area (Å²) in [6.45, 7) is 0. The van der Waals surface area contributed by atoms with Crippen LogP contribution in [0.2, 0.25) is 0 Å². The van der Waals surface area contributed by atoms with Crippen molar-refractivity contribution in [2.24, 2.45) is 5.73 Å². The number of thiocarbonyl (C=S) groups is 1. The van der Waals surface area contributed by atoms with Gasteiger partial charge in [-0.05, 0) is 17.8 Å². The van der Waals surface area contributed by atoms with Crippen LogP contribution in [0.1, 0.15) is 5.56 Å². The monoisotopic (exact) mass is 195 g/mol. The maximum atomic E-state index is 10.3. The summed E-state index contributed by atoms with van der Waals surface area (Å²) in [6.07, 6.45) is -0.431. The molecule has 0 aliphatic heterocycles. The van der Waals surface area contributed by atoms with Crippen molar-refractivity contribution in [3.8, 4) is 0 Å². The molecule has 0 saturated carbocycles. The first-order chi connectivity index (χ1) is 6.18. The normalized spacial score (nSPS) is 9.23. The van der Waals surface area contributed by atoms with Gasteiger partial charge in [0, 0.05) is 6.42 Å². The predicted molar refractivity (Wildman–Crippen MR) is 53.4 cm³/mol. The molecule has 4 heteroatoms. The molecule has 0 aromatic heterocycles. The van der Waals surface area contributed by atoms with E-state index in [-0.39, 0.29) is 5.05 Å². The van der Waals surface area contributed by atoms with Gasteiger partial charge in [-0.15, -0.1) is 0 Å². The van der Waals surface area contributed by atoms with E-state index in [1.165, 1.54) is 0 Å². The minimum absolute atomic E-state index is 0.193. The Balaban J connectivity index is 2.50. The van der Waals surface area contributed by atoms with Crippen molar-refractivity contribution in [1.82, 2.24) is 0 Å². The van der Waals surface area contributed by atoms with E-state index in [0.29, 0.717) is 6.42 Å². The number of benzene rings is 1. The van der Waals surface area contributed by atoms with Crippen LogP contribution in [0.15, 0.2) is 30.3 Å². The lowest BCUT2D eigenvalue weighted by Crippen LogP contribution is -2.18. The van der Waals surface area contributed by atoms with Gasteiger partial charge in [0.1, 0.15) is 0 Å². The van der Waals surface area contributed by atoms with Gasteiger partial charge in [-0.2, -0.15) is 0 Å². The largest absolute Gasteiger partial charge is 0.410 e. The third-order valence-corrected chi connectivity index (χ3v) is 1.63. The third kappa shape index (κ3) is 3.66. The number of carbonyl (C=O) groups is 1. The summed E-state index contributed by atoms with van der Waals surface area (Å²) >= 11 is 4.79. The van der Waals surface area contributed by atoms with Crippen LogP contribution < -0.4 is 5.73 Å². The molecular formula is C9H9NO2S. The fourth-order valence-corrected chi connectivity index (χ4v) is 1.16. The van der Waals surface area contributed by atoms with Crippen LogP contribution in [0, 0.1) is 0 Å². The van der Waals surface area contributed by atoms with E-state index in [9.17, 15) is 4.79 Å². The second kappa shape index (κ2) is 4.57.